The molecule has 5 heteroatoms. The molecule has 1 heterocycles. The van der Waals surface area contributed by atoms with E-state index < -0.39 is 0 Å². The Morgan fingerprint density at radius 2 is 2.22 bits per heavy atom. The van der Waals surface area contributed by atoms with Gasteiger partial charge < -0.3 is 9.88 Å². The van der Waals surface area contributed by atoms with Gasteiger partial charge in [-0.25, -0.2) is 9.37 Å². The van der Waals surface area contributed by atoms with Crippen LogP contribution in [0.5, 0.6) is 0 Å². The number of hydrogen-bond acceptors (Lipinski definition) is 2. The summed E-state index contributed by atoms with van der Waals surface area (Å²) in [5.41, 5.74) is 1.97. The maximum Gasteiger partial charge on any atom is 0.124 e. The number of anilines is 1. The molecular formula is C13H15BrFN3. The van der Waals surface area contributed by atoms with E-state index in [9.17, 15) is 4.39 Å². The fourth-order valence-electron chi connectivity index (χ4n) is 1.75. The number of nitrogens with zero attached hydrogens (tertiary/aromatic N) is 2. The maximum atomic E-state index is 13.0. The van der Waals surface area contributed by atoms with Crippen LogP contribution >= 0.6 is 15.9 Å². The van der Waals surface area contributed by atoms with Gasteiger partial charge in [-0.15, -0.1) is 0 Å². The molecule has 0 fully saturated rings. The normalized spacial score (nSPS) is 10.9. The monoisotopic (exact) mass is 311 g/mol. The van der Waals surface area contributed by atoms with Crippen LogP contribution in [0.2, 0.25) is 0 Å². The van der Waals surface area contributed by atoms with Crippen molar-refractivity contribution in [2.75, 3.05) is 5.32 Å². The van der Waals surface area contributed by atoms with E-state index in [0.717, 1.165) is 15.9 Å². The number of hydrogen-bond donors (Lipinski definition) is 1. The Hall–Kier alpha value is -1.36. The molecule has 1 aromatic heterocycles. The van der Waals surface area contributed by atoms with Crippen molar-refractivity contribution >= 4 is 21.6 Å². The molecule has 0 atom stereocenters. The highest BCUT2D eigenvalue weighted by Gasteiger charge is 2.06. The van der Waals surface area contributed by atoms with Crippen LogP contribution in [0.4, 0.5) is 10.1 Å². The van der Waals surface area contributed by atoms with Gasteiger partial charge in [0.15, 0.2) is 0 Å². The Labute approximate surface area is 114 Å². The third kappa shape index (κ3) is 2.90. The quantitative estimate of drug-likeness (QED) is 0.925. The lowest BCUT2D eigenvalue weighted by atomic mass is 10.3. The fraction of sp³-hybridized carbons (Fsp3) is 0.308. The van der Waals surface area contributed by atoms with Crippen LogP contribution in [0.15, 0.2) is 35.2 Å². The Morgan fingerprint density at radius 3 is 2.89 bits per heavy atom. The molecule has 0 aliphatic heterocycles. The molecule has 0 aliphatic rings. The van der Waals surface area contributed by atoms with E-state index in [1.54, 1.807) is 6.07 Å². The van der Waals surface area contributed by atoms with Gasteiger partial charge in [0, 0.05) is 22.4 Å². The summed E-state index contributed by atoms with van der Waals surface area (Å²) in [5.74, 6) is -0.250. The highest BCUT2D eigenvalue weighted by molar-refractivity contribution is 9.10. The van der Waals surface area contributed by atoms with E-state index in [1.807, 2.05) is 12.5 Å². The highest BCUT2D eigenvalue weighted by Crippen LogP contribution is 2.23. The molecule has 0 saturated heterocycles. The first-order chi connectivity index (χ1) is 8.58. The van der Waals surface area contributed by atoms with Gasteiger partial charge >= 0.3 is 0 Å². The standard InChI is InChI=1S/C13H15BrFN3/c1-9(2)18-8-16-6-11(18)7-17-13-4-3-10(15)5-12(13)14/h3-6,8-9,17H,7H2,1-2H3. The first-order valence-electron chi connectivity index (χ1n) is 5.77. The molecule has 3 nitrogen and oxygen atoms in total. The van der Waals surface area contributed by atoms with Crippen LogP contribution in [0, 0.1) is 5.82 Å². The van der Waals surface area contributed by atoms with Gasteiger partial charge in [0.05, 0.1) is 18.6 Å². The molecule has 96 valence electrons. The van der Waals surface area contributed by atoms with E-state index >= 15 is 0 Å². The average Bonchev–Trinajstić information content (AvgIpc) is 2.76. The number of imidazole rings is 1. The van der Waals surface area contributed by atoms with Crippen LogP contribution < -0.4 is 5.32 Å². The molecule has 0 radical (unpaired) electrons. The van der Waals surface area contributed by atoms with Crippen molar-refractivity contribution in [3.63, 3.8) is 0 Å². The smallest absolute Gasteiger partial charge is 0.124 e. The first kappa shape index (κ1) is 13.1. The van der Waals surface area contributed by atoms with Crippen LogP contribution in [0.1, 0.15) is 25.6 Å². The van der Waals surface area contributed by atoms with E-state index in [2.05, 4.69) is 44.6 Å². The number of rotatable bonds is 4. The summed E-state index contributed by atoms with van der Waals surface area (Å²) >= 11 is 3.33. The molecule has 0 unspecified atom stereocenters. The minimum absolute atomic E-state index is 0.250. The van der Waals surface area contributed by atoms with Gasteiger partial charge in [-0.1, -0.05) is 0 Å². The van der Waals surface area contributed by atoms with Gasteiger partial charge in [0.1, 0.15) is 5.82 Å². The largest absolute Gasteiger partial charge is 0.378 e. The summed E-state index contributed by atoms with van der Waals surface area (Å²) in [6.07, 6.45) is 3.66. The predicted octanol–water partition coefficient (Wildman–Crippen LogP) is 3.98. The van der Waals surface area contributed by atoms with Crippen molar-refractivity contribution in [3.05, 3.63) is 46.7 Å². The molecule has 0 spiro atoms. The van der Waals surface area contributed by atoms with Crippen molar-refractivity contribution in [2.24, 2.45) is 0 Å². The molecule has 1 aromatic carbocycles. The minimum atomic E-state index is -0.250. The Kier molecular flexibility index (Phi) is 4.01. The summed E-state index contributed by atoms with van der Waals surface area (Å²) in [5, 5.41) is 3.26. The molecule has 2 aromatic rings. The average molecular weight is 312 g/mol. The summed E-state index contributed by atoms with van der Waals surface area (Å²) in [6.45, 7) is 4.88. The number of aromatic nitrogens is 2. The predicted molar refractivity (Wildman–Crippen MR) is 74.0 cm³/mol. The maximum absolute atomic E-state index is 13.0. The summed E-state index contributed by atoms with van der Waals surface area (Å²) in [6, 6.07) is 4.98. The van der Waals surface area contributed by atoms with Crippen LogP contribution in [0.25, 0.3) is 0 Å². The van der Waals surface area contributed by atoms with Gasteiger partial charge in [0.25, 0.3) is 0 Å². The number of benzene rings is 1. The molecular weight excluding hydrogens is 297 g/mol. The van der Waals surface area contributed by atoms with E-state index in [1.165, 1.54) is 12.1 Å². The summed E-state index contributed by atoms with van der Waals surface area (Å²) < 4.78 is 15.8. The summed E-state index contributed by atoms with van der Waals surface area (Å²) in [7, 11) is 0. The first-order valence-corrected chi connectivity index (χ1v) is 6.57. The van der Waals surface area contributed by atoms with Crippen molar-refractivity contribution < 1.29 is 4.39 Å². The topological polar surface area (TPSA) is 29.9 Å². The minimum Gasteiger partial charge on any atom is -0.378 e. The fourth-order valence-corrected chi connectivity index (χ4v) is 2.24. The van der Waals surface area contributed by atoms with Crippen LogP contribution in [0.3, 0.4) is 0 Å². The van der Waals surface area contributed by atoms with Gasteiger partial charge in [-0.05, 0) is 48.0 Å². The zero-order valence-electron chi connectivity index (χ0n) is 10.3. The SMILES string of the molecule is CC(C)n1cncc1CNc1ccc(F)cc1Br. The van der Waals surface area contributed by atoms with Crippen molar-refractivity contribution in [1.29, 1.82) is 0 Å². The molecule has 1 N–H and O–H groups in total. The second kappa shape index (κ2) is 5.52. The Morgan fingerprint density at radius 1 is 1.44 bits per heavy atom. The molecule has 0 aliphatic carbocycles. The Balaban J connectivity index is 2.09. The molecule has 0 saturated carbocycles. The van der Waals surface area contributed by atoms with Gasteiger partial charge in [-0.2, -0.15) is 0 Å². The van der Waals surface area contributed by atoms with Crippen LogP contribution in [-0.2, 0) is 6.54 Å². The Bertz CT molecular complexity index is 537. The second-order valence-corrected chi connectivity index (χ2v) is 5.22. The van der Waals surface area contributed by atoms with E-state index in [4.69, 9.17) is 0 Å². The summed E-state index contributed by atoms with van der Waals surface area (Å²) in [4.78, 5) is 4.14. The van der Waals surface area contributed by atoms with Gasteiger partial charge in [-0.3, -0.25) is 0 Å². The lowest BCUT2D eigenvalue weighted by Crippen LogP contribution is -2.09. The third-order valence-corrected chi connectivity index (χ3v) is 3.35. The van der Waals surface area contributed by atoms with E-state index in [0.29, 0.717) is 12.6 Å². The highest BCUT2D eigenvalue weighted by atomic mass is 79.9. The number of halogens is 2. The second-order valence-electron chi connectivity index (χ2n) is 4.36. The van der Waals surface area contributed by atoms with Crippen molar-refractivity contribution in [2.45, 2.75) is 26.4 Å². The lowest BCUT2D eigenvalue weighted by molar-refractivity contribution is 0.577. The molecule has 18 heavy (non-hydrogen) atoms. The van der Waals surface area contributed by atoms with Crippen molar-refractivity contribution in [1.82, 2.24) is 9.55 Å². The number of nitrogens with one attached hydrogen (secondary N) is 1. The molecule has 2 rings (SSSR count). The molecule has 0 amide bonds. The third-order valence-electron chi connectivity index (χ3n) is 2.69. The molecule has 0 bridgehead atoms. The van der Waals surface area contributed by atoms with Crippen LogP contribution in [-0.4, -0.2) is 9.55 Å². The zero-order valence-corrected chi connectivity index (χ0v) is 11.9. The van der Waals surface area contributed by atoms with Crippen molar-refractivity contribution in [3.8, 4) is 0 Å². The van der Waals surface area contributed by atoms with E-state index in [-0.39, 0.29) is 5.82 Å². The van der Waals surface area contributed by atoms with Gasteiger partial charge in [0.2, 0.25) is 0 Å². The lowest BCUT2D eigenvalue weighted by Gasteiger charge is -2.13. The zero-order chi connectivity index (χ0) is 13.1.